The monoisotopic (exact) mass is 260 g/mol. The maximum atomic E-state index is 6.21. The number of benzene rings is 1. The minimum absolute atomic E-state index is 0.158. The first-order valence-corrected chi connectivity index (χ1v) is 7.80. The van der Waals surface area contributed by atoms with Crippen LogP contribution in [0.2, 0.25) is 0 Å². The summed E-state index contributed by atoms with van der Waals surface area (Å²) in [4.78, 5) is 2.67. The van der Waals surface area contributed by atoms with Crippen LogP contribution in [0.4, 0.5) is 0 Å². The molecule has 2 nitrogen and oxygen atoms in total. The molecule has 0 radical (unpaired) electrons. The van der Waals surface area contributed by atoms with Crippen molar-refractivity contribution in [3.8, 4) is 0 Å². The molecule has 0 saturated carbocycles. The first-order valence-electron chi connectivity index (χ1n) is 7.80. The summed E-state index contributed by atoms with van der Waals surface area (Å²) in [5, 5.41) is 0. The summed E-state index contributed by atoms with van der Waals surface area (Å²) in [5.41, 5.74) is 7.78. The lowest BCUT2D eigenvalue weighted by Gasteiger charge is -2.43. The second kappa shape index (κ2) is 7.06. The molecule has 2 N–H and O–H groups in total. The van der Waals surface area contributed by atoms with Crippen LogP contribution in [0.15, 0.2) is 30.3 Å². The van der Waals surface area contributed by atoms with Crippen LogP contribution in [-0.2, 0) is 6.42 Å². The van der Waals surface area contributed by atoms with E-state index in [-0.39, 0.29) is 5.54 Å². The summed E-state index contributed by atoms with van der Waals surface area (Å²) in [7, 11) is 0. The molecular weight excluding hydrogens is 232 g/mol. The van der Waals surface area contributed by atoms with Gasteiger partial charge in [0.2, 0.25) is 0 Å². The smallest absolute Gasteiger partial charge is 0.0369 e. The van der Waals surface area contributed by atoms with Crippen LogP contribution >= 0.6 is 0 Å². The Morgan fingerprint density at radius 1 is 1.05 bits per heavy atom. The van der Waals surface area contributed by atoms with Gasteiger partial charge < -0.3 is 5.73 Å². The highest BCUT2D eigenvalue weighted by Crippen LogP contribution is 2.27. The lowest BCUT2D eigenvalue weighted by molar-refractivity contribution is 0.0928. The van der Waals surface area contributed by atoms with Crippen molar-refractivity contribution < 1.29 is 0 Å². The Balaban J connectivity index is 2.15. The predicted octanol–water partition coefficient (Wildman–Crippen LogP) is 3.21. The highest BCUT2D eigenvalue weighted by Gasteiger charge is 2.33. The van der Waals surface area contributed by atoms with Gasteiger partial charge in [-0.05, 0) is 44.3 Å². The number of nitrogens with two attached hydrogens (primary N) is 1. The highest BCUT2D eigenvalue weighted by molar-refractivity contribution is 5.18. The van der Waals surface area contributed by atoms with Gasteiger partial charge in [0, 0.05) is 12.1 Å². The first-order chi connectivity index (χ1) is 9.30. The molecule has 1 aromatic rings. The fraction of sp³-hybridized carbons (Fsp3) is 0.647. The Bertz CT molecular complexity index is 349. The Morgan fingerprint density at radius 2 is 1.68 bits per heavy atom. The molecule has 0 aromatic heterocycles. The Kier molecular flexibility index (Phi) is 5.41. The van der Waals surface area contributed by atoms with Crippen LogP contribution < -0.4 is 5.73 Å². The molecule has 1 unspecified atom stereocenters. The maximum absolute atomic E-state index is 6.21. The van der Waals surface area contributed by atoms with Crippen LogP contribution in [-0.4, -0.2) is 30.1 Å². The van der Waals surface area contributed by atoms with Crippen LogP contribution in [0.25, 0.3) is 0 Å². The van der Waals surface area contributed by atoms with Crippen molar-refractivity contribution in [2.24, 2.45) is 5.73 Å². The van der Waals surface area contributed by atoms with E-state index in [0.717, 1.165) is 19.4 Å². The van der Waals surface area contributed by atoms with Gasteiger partial charge in [-0.25, -0.2) is 0 Å². The van der Waals surface area contributed by atoms with E-state index in [1.54, 1.807) is 0 Å². The van der Waals surface area contributed by atoms with E-state index in [0.29, 0.717) is 0 Å². The van der Waals surface area contributed by atoms with E-state index in [4.69, 9.17) is 5.73 Å². The molecule has 0 bridgehead atoms. The van der Waals surface area contributed by atoms with Gasteiger partial charge in [-0.2, -0.15) is 0 Å². The van der Waals surface area contributed by atoms with Crippen molar-refractivity contribution in [3.05, 3.63) is 35.9 Å². The molecule has 1 aliphatic rings. The van der Waals surface area contributed by atoms with Crippen molar-refractivity contribution in [2.75, 3.05) is 19.6 Å². The fourth-order valence-corrected chi connectivity index (χ4v) is 3.33. The quantitative estimate of drug-likeness (QED) is 0.881. The zero-order valence-corrected chi connectivity index (χ0v) is 12.3. The molecule has 2 rings (SSSR count). The van der Waals surface area contributed by atoms with Crippen molar-refractivity contribution >= 4 is 0 Å². The van der Waals surface area contributed by atoms with Crippen LogP contribution in [0.3, 0.4) is 0 Å². The normalized spacial score (nSPS) is 20.7. The molecule has 0 aliphatic carbocycles. The topological polar surface area (TPSA) is 29.3 Å². The third-order valence-electron chi connectivity index (χ3n) is 4.69. The standard InChI is InChI=1S/C17H28N2/c1-2-17(15-18,14-16-10-6-5-7-11-16)19-12-8-3-4-9-13-19/h5-7,10-11H,2-4,8-9,12-15,18H2,1H3. The summed E-state index contributed by atoms with van der Waals surface area (Å²) in [6.45, 7) is 5.49. The third kappa shape index (κ3) is 3.58. The molecule has 1 atom stereocenters. The number of hydrogen-bond donors (Lipinski definition) is 1. The van der Waals surface area contributed by atoms with Gasteiger partial charge in [0.15, 0.2) is 0 Å². The number of hydrogen-bond acceptors (Lipinski definition) is 2. The van der Waals surface area contributed by atoms with Crippen molar-refractivity contribution in [1.82, 2.24) is 4.90 Å². The second-order valence-corrected chi connectivity index (χ2v) is 5.85. The average molecular weight is 260 g/mol. The van der Waals surface area contributed by atoms with Crippen molar-refractivity contribution in [3.63, 3.8) is 0 Å². The molecular formula is C17H28N2. The van der Waals surface area contributed by atoms with Crippen LogP contribution in [0, 0.1) is 0 Å². The van der Waals surface area contributed by atoms with Crippen molar-refractivity contribution in [1.29, 1.82) is 0 Å². The predicted molar refractivity (Wildman–Crippen MR) is 82.3 cm³/mol. The maximum Gasteiger partial charge on any atom is 0.0369 e. The third-order valence-corrected chi connectivity index (χ3v) is 4.69. The second-order valence-electron chi connectivity index (χ2n) is 5.85. The summed E-state index contributed by atoms with van der Waals surface area (Å²) in [6, 6.07) is 10.8. The van der Waals surface area contributed by atoms with Crippen LogP contribution in [0.1, 0.15) is 44.6 Å². The van der Waals surface area contributed by atoms with E-state index < -0.39 is 0 Å². The molecule has 19 heavy (non-hydrogen) atoms. The molecule has 0 spiro atoms. The number of likely N-dealkylation sites (tertiary alicyclic amines) is 1. The summed E-state index contributed by atoms with van der Waals surface area (Å²) >= 11 is 0. The van der Waals surface area contributed by atoms with Gasteiger partial charge in [-0.3, -0.25) is 4.90 Å². The minimum atomic E-state index is 0.158. The Labute approximate surface area is 118 Å². The van der Waals surface area contributed by atoms with Gasteiger partial charge in [0.05, 0.1) is 0 Å². The zero-order chi connectivity index (χ0) is 13.6. The van der Waals surface area contributed by atoms with E-state index >= 15 is 0 Å². The average Bonchev–Trinajstić information content (AvgIpc) is 2.75. The van der Waals surface area contributed by atoms with Gasteiger partial charge in [0.1, 0.15) is 0 Å². The lowest BCUT2D eigenvalue weighted by atomic mass is 9.86. The molecule has 0 amide bonds. The van der Waals surface area contributed by atoms with Gasteiger partial charge in [-0.1, -0.05) is 50.1 Å². The largest absolute Gasteiger partial charge is 0.329 e. The van der Waals surface area contributed by atoms with E-state index in [1.165, 1.54) is 44.3 Å². The molecule has 106 valence electrons. The van der Waals surface area contributed by atoms with Gasteiger partial charge in [0.25, 0.3) is 0 Å². The minimum Gasteiger partial charge on any atom is -0.329 e. The number of rotatable bonds is 5. The zero-order valence-electron chi connectivity index (χ0n) is 12.3. The summed E-state index contributed by atoms with van der Waals surface area (Å²) in [5.74, 6) is 0. The SMILES string of the molecule is CCC(CN)(Cc1ccccc1)N1CCCCCC1. The van der Waals surface area contributed by atoms with E-state index in [1.807, 2.05) is 0 Å². The molecule has 2 heteroatoms. The fourth-order valence-electron chi connectivity index (χ4n) is 3.33. The van der Waals surface area contributed by atoms with Crippen molar-refractivity contribution in [2.45, 2.75) is 51.0 Å². The molecule has 1 aromatic carbocycles. The lowest BCUT2D eigenvalue weighted by Crippen LogP contribution is -2.55. The summed E-state index contributed by atoms with van der Waals surface area (Å²) in [6.07, 6.45) is 7.64. The summed E-state index contributed by atoms with van der Waals surface area (Å²) < 4.78 is 0. The van der Waals surface area contributed by atoms with E-state index in [9.17, 15) is 0 Å². The van der Waals surface area contributed by atoms with E-state index in [2.05, 4.69) is 42.2 Å². The molecule has 1 aliphatic heterocycles. The van der Waals surface area contributed by atoms with Crippen LogP contribution in [0.5, 0.6) is 0 Å². The molecule has 1 fully saturated rings. The highest BCUT2D eigenvalue weighted by atomic mass is 15.2. The molecule has 1 saturated heterocycles. The number of nitrogens with zero attached hydrogens (tertiary/aromatic N) is 1. The Morgan fingerprint density at radius 3 is 2.21 bits per heavy atom. The van der Waals surface area contributed by atoms with Gasteiger partial charge in [-0.15, -0.1) is 0 Å². The first kappa shape index (κ1) is 14.5. The Hall–Kier alpha value is -0.860. The molecule has 1 heterocycles. The van der Waals surface area contributed by atoms with Gasteiger partial charge >= 0.3 is 0 Å².